The van der Waals surface area contributed by atoms with Gasteiger partial charge in [-0.05, 0) is 25.0 Å². The van der Waals surface area contributed by atoms with E-state index in [-0.39, 0.29) is 12.5 Å². The van der Waals surface area contributed by atoms with Crippen LogP contribution in [0.25, 0.3) is 0 Å². The topological polar surface area (TPSA) is 50.4 Å². The normalized spacial score (nSPS) is 14.2. The molecule has 0 aliphatic heterocycles. The number of carbonyl (C=O) groups is 1. The summed E-state index contributed by atoms with van der Waals surface area (Å²) in [5.74, 6) is 0.612. The zero-order valence-corrected chi connectivity index (χ0v) is 10.4. The number of anilines is 1. The number of methoxy groups -OCH3 is 1. The first-order valence-electron chi connectivity index (χ1n) is 5.56. The van der Waals surface area contributed by atoms with Crippen LogP contribution in [0, 0.1) is 0 Å². The molecule has 0 aromatic heterocycles. The van der Waals surface area contributed by atoms with Crippen molar-refractivity contribution in [3.63, 3.8) is 0 Å². The fraction of sp³-hybridized carbons (Fsp3) is 0.417. The van der Waals surface area contributed by atoms with Crippen LogP contribution in [0.1, 0.15) is 12.8 Å². The van der Waals surface area contributed by atoms with Gasteiger partial charge in [0.25, 0.3) is 0 Å². The van der Waals surface area contributed by atoms with Gasteiger partial charge in [-0.3, -0.25) is 4.79 Å². The zero-order chi connectivity index (χ0) is 12.3. The van der Waals surface area contributed by atoms with Gasteiger partial charge in [-0.25, -0.2) is 0 Å². The monoisotopic (exact) mass is 254 g/mol. The number of ether oxygens (including phenoxy) is 1. The molecule has 1 fully saturated rings. The van der Waals surface area contributed by atoms with Gasteiger partial charge in [0.1, 0.15) is 5.75 Å². The van der Waals surface area contributed by atoms with E-state index in [9.17, 15) is 4.79 Å². The summed E-state index contributed by atoms with van der Waals surface area (Å²) in [5, 5.41) is 6.49. The number of amides is 1. The van der Waals surface area contributed by atoms with Crippen molar-refractivity contribution in [2.75, 3.05) is 19.0 Å². The molecule has 0 bridgehead atoms. The molecule has 1 aliphatic rings. The number of rotatable bonds is 5. The molecular weight excluding hydrogens is 240 g/mol. The number of benzene rings is 1. The van der Waals surface area contributed by atoms with Crippen molar-refractivity contribution in [1.82, 2.24) is 5.32 Å². The summed E-state index contributed by atoms with van der Waals surface area (Å²) < 4.78 is 5.09. The average Bonchev–Trinajstić information content (AvgIpc) is 3.12. The van der Waals surface area contributed by atoms with Crippen LogP contribution in [0.15, 0.2) is 18.2 Å². The van der Waals surface area contributed by atoms with E-state index < -0.39 is 0 Å². The van der Waals surface area contributed by atoms with E-state index >= 15 is 0 Å². The molecule has 0 spiro atoms. The number of nitrogens with one attached hydrogen (secondary N) is 2. The fourth-order valence-corrected chi connectivity index (χ4v) is 1.65. The van der Waals surface area contributed by atoms with Crippen molar-refractivity contribution in [2.24, 2.45) is 0 Å². The minimum atomic E-state index is 0.0152. The van der Waals surface area contributed by atoms with Crippen molar-refractivity contribution in [3.05, 3.63) is 23.2 Å². The van der Waals surface area contributed by atoms with E-state index in [1.807, 2.05) is 6.07 Å². The third-order valence-electron chi connectivity index (χ3n) is 2.55. The largest absolute Gasteiger partial charge is 0.495 e. The molecule has 0 atom stereocenters. The first-order valence-corrected chi connectivity index (χ1v) is 5.93. The number of hydrogen-bond acceptors (Lipinski definition) is 3. The van der Waals surface area contributed by atoms with Gasteiger partial charge >= 0.3 is 0 Å². The lowest BCUT2D eigenvalue weighted by atomic mass is 10.3. The van der Waals surface area contributed by atoms with E-state index in [0.29, 0.717) is 16.8 Å². The molecule has 17 heavy (non-hydrogen) atoms. The van der Waals surface area contributed by atoms with E-state index in [0.717, 1.165) is 18.5 Å². The van der Waals surface area contributed by atoms with Crippen LogP contribution in [0.5, 0.6) is 5.75 Å². The van der Waals surface area contributed by atoms with Gasteiger partial charge in [-0.2, -0.15) is 0 Å². The van der Waals surface area contributed by atoms with Crippen LogP contribution in [-0.2, 0) is 4.79 Å². The second-order valence-corrected chi connectivity index (χ2v) is 4.45. The predicted octanol–water partition coefficient (Wildman–Crippen LogP) is 2.04. The van der Waals surface area contributed by atoms with Gasteiger partial charge in [0.05, 0.1) is 18.7 Å². The molecule has 0 heterocycles. The second-order valence-electron chi connectivity index (χ2n) is 4.04. The minimum absolute atomic E-state index is 0.0152. The van der Waals surface area contributed by atoms with Crippen LogP contribution >= 0.6 is 11.6 Å². The molecule has 1 aliphatic carbocycles. The van der Waals surface area contributed by atoms with Gasteiger partial charge in [0.15, 0.2) is 0 Å². The Morgan fingerprint density at radius 2 is 2.29 bits per heavy atom. The molecule has 5 heteroatoms. The third kappa shape index (κ3) is 3.53. The Morgan fingerprint density at radius 1 is 1.53 bits per heavy atom. The van der Waals surface area contributed by atoms with Crippen molar-refractivity contribution >= 4 is 23.2 Å². The quantitative estimate of drug-likeness (QED) is 0.846. The predicted molar refractivity (Wildman–Crippen MR) is 67.7 cm³/mol. The van der Waals surface area contributed by atoms with E-state index in [4.69, 9.17) is 16.3 Å². The Hall–Kier alpha value is -1.42. The number of hydrogen-bond donors (Lipinski definition) is 2. The van der Waals surface area contributed by atoms with Gasteiger partial charge in [-0.1, -0.05) is 11.6 Å². The molecule has 0 saturated heterocycles. The summed E-state index contributed by atoms with van der Waals surface area (Å²) in [6.45, 7) is 0.265. The first-order chi connectivity index (χ1) is 8.19. The lowest BCUT2D eigenvalue weighted by molar-refractivity contribution is -0.119. The molecule has 1 aromatic carbocycles. The summed E-state index contributed by atoms with van der Waals surface area (Å²) in [4.78, 5) is 11.5. The van der Waals surface area contributed by atoms with Crippen molar-refractivity contribution in [2.45, 2.75) is 18.9 Å². The highest BCUT2D eigenvalue weighted by Crippen LogP contribution is 2.27. The standard InChI is InChI=1S/C12H15ClN2O2/c1-17-11-6-9(4-5-10(11)13)14-7-12(16)15-8-2-3-8/h4-6,8,14H,2-3,7H2,1H3,(H,15,16). The maximum absolute atomic E-state index is 11.5. The summed E-state index contributed by atoms with van der Waals surface area (Å²) in [6, 6.07) is 5.72. The van der Waals surface area contributed by atoms with Crippen LogP contribution in [-0.4, -0.2) is 25.6 Å². The highest BCUT2D eigenvalue weighted by atomic mass is 35.5. The van der Waals surface area contributed by atoms with E-state index in [1.54, 1.807) is 19.2 Å². The Bertz CT molecular complexity index is 419. The second kappa shape index (κ2) is 5.27. The minimum Gasteiger partial charge on any atom is -0.495 e. The summed E-state index contributed by atoms with van der Waals surface area (Å²) >= 11 is 5.90. The lowest BCUT2D eigenvalue weighted by Gasteiger charge is -2.09. The van der Waals surface area contributed by atoms with Crippen LogP contribution < -0.4 is 15.4 Å². The number of halogens is 1. The van der Waals surface area contributed by atoms with E-state index in [2.05, 4.69) is 10.6 Å². The maximum atomic E-state index is 11.5. The average molecular weight is 255 g/mol. The summed E-state index contributed by atoms with van der Waals surface area (Å²) in [6.07, 6.45) is 2.20. The zero-order valence-electron chi connectivity index (χ0n) is 9.63. The molecule has 1 amide bonds. The summed E-state index contributed by atoms with van der Waals surface area (Å²) in [5.41, 5.74) is 0.817. The molecule has 1 aromatic rings. The summed E-state index contributed by atoms with van der Waals surface area (Å²) in [7, 11) is 1.56. The van der Waals surface area contributed by atoms with Gasteiger partial charge in [0.2, 0.25) is 5.91 Å². The molecule has 0 unspecified atom stereocenters. The Kier molecular flexibility index (Phi) is 3.74. The molecule has 2 N–H and O–H groups in total. The van der Waals surface area contributed by atoms with Crippen molar-refractivity contribution in [1.29, 1.82) is 0 Å². The van der Waals surface area contributed by atoms with Crippen molar-refractivity contribution < 1.29 is 9.53 Å². The van der Waals surface area contributed by atoms with Gasteiger partial charge in [-0.15, -0.1) is 0 Å². The van der Waals surface area contributed by atoms with Crippen molar-refractivity contribution in [3.8, 4) is 5.75 Å². The molecule has 92 valence electrons. The SMILES string of the molecule is COc1cc(NCC(=O)NC2CC2)ccc1Cl. The Morgan fingerprint density at radius 3 is 2.94 bits per heavy atom. The molecule has 4 nitrogen and oxygen atoms in total. The molecule has 0 radical (unpaired) electrons. The Balaban J connectivity index is 1.87. The lowest BCUT2D eigenvalue weighted by Crippen LogP contribution is -2.31. The molecule has 1 saturated carbocycles. The highest BCUT2D eigenvalue weighted by molar-refractivity contribution is 6.32. The van der Waals surface area contributed by atoms with E-state index in [1.165, 1.54) is 0 Å². The maximum Gasteiger partial charge on any atom is 0.239 e. The number of carbonyl (C=O) groups excluding carboxylic acids is 1. The smallest absolute Gasteiger partial charge is 0.239 e. The molecule has 2 rings (SSSR count). The fourth-order valence-electron chi connectivity index (χ4n) is 1.46. The molecular formula is C12H15ClN2O2. The van der Waals surface area contributed by atoms with Gasteiger partial charge in [0, 0.05) is 17.8 Å². The van der Waals surface area contributed by atoms with Crippen LogP contribution in [0.3, 0.4) is 0 Å². The highest BCUT2D eigenvalue weighted by Gasteiger charge is 2.22. The van der Waals surface area contributed by atoms with Crippen LogP contribution in [0.4, 0.5) is 5.69 Å². The van der Waals surface area contributed by atoms with Gasteiger partial charge < -0.3 is 15.4 Å². The first kappa shape index (κ1) is 12.0. The Labute approximate surface area is 105 Å². The van der Waals surface area contributed by atoms with Crippen LogP contribution in [0.2, 0.25) is 5.02 Å². The third-order valence-corrected chi connectivity index (χ3v) is 2.86.